The normalized spacial score (nSPS) is 11.1. The maximum atomic E-state index is 13.7. The highest BCUT2D eigenvalue weighted by Gasteiger charge is 2.38. The fraction of sp³-hybridized carbons (Fsp3) is 0.129. The highest BCUT2D eigenvalue weighted by Crippen LogP contribution is 2.25. The summed E-state index contributed by atoms with van der Waals surface area (Å²) in [6, 6.07) is 22.6. The van der Waals surface area contributed by atoms with Crippen molar-refractivity contribution in [3.63, 3.8) is 0 Å². The monoisotopic (exact) mass is 611 g/mol. The molecule has 0 N–H and O–H groups in total. The average Bonchev–Trinajstić information content (AvgIpc) is 3.68. The fourth-order valence-electron chi connectivity index (χ4n) is 4.59. The first kappa shape index (κ1) is 28.4. The third kappa shape index (κ3) is 6.55. The van der Waals surface area contributed by atoms with Crippen LogP contribution in [0.5, 0.6) is 0 Å². The number of carbonyl (C=O) groups excluding carboxylic acids is 2. The molecule has 0 aliphatic heterocycles. The molecule has 0 aliphatic rings. The van der Waals surface area contributed by atoms with Crippen molar-refractivity contribution >= 4 is 62.1 Å². The van der Waals surface area contributed by atoms with Crippen molar-refractivity contribution in [1.82, 2.24) is 14.8 Å². The third-order valence-electron chi connectivity index (χ3n) is 6.77. The largest absolute Gasteiger partial charge is 0.468 e. The molecule has 8 nitrogen and oxygen atoms in total. The molecule has 0 bridgehead atoms. The Morgan fingerprint density at radius 1 is 0.860 bits per heavy atom. The van der Waals surface area contributed by atoms with Gasteiger partial charge in [0.2, 0.25) is 0 Å². The summed E-state index contributed by atoms with van der Waals surface area (Å²) in [5.41, 5.74) is 2.08. The molecular formula is C31H23BFN3O5S2. The number of halogens is 1. The number of aromatic nitrogens is 3. The molecule has 43 heavy (non-hydrogen) atoms. The van der Waals surface area contributed by atoms with Crippen LogP contribution in [0.1, 0.15) is 21.8 Å². The number of carbonyl (C=O) groups is 2. The van der Waals surface area contributed by atoms with Crippen molar-refractivity contribution in [3.8, 4) is 0 Å². The van der Waals surface area contributed by atoms with Gasteiger partial charge in [0.25, 0.3) is 17.3 Å². The maximum Gasteiger partial charge on any atom is 0.414 e. The van der Waals surface area contributed by atoms with Crippen molar-refractivity contribution < 1.29 is 23.5 Å². The van der Waals surface area contributed by atoms with Crippen LogP contribution < -0.4 is 5.56 Å². The summed E-state index contributed by atoms with van der Waals surface area (Å²) >= 11 is 2.65. The van der Waals surface area contributed by atoms with E-state index in [1.807, 2.05) is 60.7 Å². The standard InChI is InChI=1S/C31H23BFN3O5S2/c33-22-11-12-27-25(13-22)34-28(43-27)15-36-29(37)24-19-42-18-23(24)26(35-36)14-32(30(38)40-16-20-7-3-1-4-8-20)31(39)41-17-21-9-5-2-6-10-21/h1-13,18-19H,14-17H2. The Kier molecular flexibility index (Phi) is 8.39. The molecule has 0 saturated carbocycles. The molecule has 6 aromatic rings. The number of hydrogen-bond acceptors (Lipinski definition) is 9. The molecule has 214 valence electrons. The van der Waals surface area contributed by atoms with E-state index in [1.54, 1.807) is 16.8 Å². The van der Waals surface area contributed by atoms with Gasteiger partial charge in [-0.2, -0.15) is 16.4 Å². The quantitative estimate of drug-likeness (QED) is 0.160. The smallest absolute Gasteiger partial charge is 0.414 e. The number of nitrogens with zero attached hydrogens (tertiary/aromatic N) is 3. The minimum absolute atomic E-state index is 0.0128. The molecule has 0 amide bonds. The Hall–Kier alpha value is -4.68. The predicted molar refractivity (Wildman–Crippen MR) is 165 cm³/mol. The summed E-state index contributed by atoms with van der Waals surface area (Å²) in [6.45, 7) is -1.30. The van der Waals surface area contributed by atoms with Gasteiger partial charge in [-0.05, 0) is 29.6 Å². The number of thiazole rings is 1. The Morgan fingerprint density at radius 2 is 1.49 bits per heavy atom. The van der Waals surface area contributed by atoms with Crippen LogP contribution in [0.2, 0.25) is 0 Å². The van der Waals surface area contributed by atoms with Gasteiger partial charge in [-0.3, -0.25) is 14.4 Å². The summed E-state index contributed by atoms with van der Waals surface area (Å²) in [5, 5.41) is 9.60. The van der Waals surface area contributed by atoms with E-state index in [2.05, 4.69) is 10.1 Å². The highest BCUT2D eigenvalue weighted by atomic mass is 32.1. The van der Waals surface area contributed by atoms with Gasteiger partial charge < -0.3 is 9.47 Å². The zero-order valence-corrected chi connectivity index (χ0v) is 24.3. The number of thiophene rings is 1. The zero-order chi connectivity index (χ0) is 29.8. The van der Waals surface area contributed by atoms with E-state index in [0.29, 0.717) is 27.0 Å². The van der Waals surface area contributed by atoms with Gasteiger partial charge in [0.15, 0.2) is 0 Å². The van der Waals surface area contributed by atoms with Gasteiger partial charge in [-0.1, -0.05) is 60.7 Å². The van der Waals surface area contributed by atoms with E-state index in [0.717, 1.165) is 15.8 Å². The van der Waals surface area contributed by atoms with Gasteiger partial charge in [-0.15, -0.1) is 11.3 Å². The summed E-state index contributed by atoms with van der Waals surface area (Å²) in [5.74, 6) is -1.90. The highest BCUT2D eigenvalue weighted by molar-refractivity contribution is 7.18. The van der Waals surface area contributed by atoms with Gasteiger partial charge in [-0.25, -0.2) is 14.1 Å². The first-order chi connectivity index (χ1) is 20.9. The van der Waals surface area contributed by atoms with Crippen molar-refractivity contribution in [2.24, 2.45) is 0 Å². The van der Waals surface area contributed by atoms with E-state index in [-0.39, 0.29) is 31.6 Å². The van der Waals surface area contributed by atoms with Crippen molar-refractivity contribution in [2.75, 3.05) is 0 Å². The van der Waals surface area contributed by atoms with Gasteiger partial charge in [0, 0.05) is 22.2 Å². The molecule has 12 heteroatoms. The van der Waals surface area contributed by atoms with Crippen molar-refractivity contribution in [1.29, 1.82) is 0 Å². The molecule has 0 spiro atoms. The van der Waals surface area contributed by atoms with Gasteiger partial charge in [0.1, 0.15) is 24.0 Å². The lowest BCUT2D eigenvalue weighted by molar-refractivity contribution is 0.155. The molecule has 0 unspecified atom stereocenters. The van der Waals surface area contributed by atoms with Crippen molar-refractivity contribution in [3.05, 3.63) is 128 Å². The third-order valence-corrected chi connectivity index (χ3v) is 8.54. The predicted octanol–water partition coefficient (Wildman–Crippen LogP) is 6.67. The fourth-order valence-corrected chi connectivity index (χ4v) is 6.35. The molecule has 3 heterocycles. The number of ether oxygens (including phenoxy) is 2. The van der Waals surface area contributed by atoms with Gasteiger partial charge in [0.05, 0.1) is 27.8 Å². The van der Waals surface area contributed by atoms with Crippen LogP contribution in [0.3, 0.4) is 0 Å². The Bertz CT molecular complexity index is 1920. The first-order valence-electron chi connectivity index (χ1n) is 13.4. The summed E-state index contributed by atoms with van der Waals surface area (Å²) < 4.78 is 26.9. The minimum atomic E-state index is -1.32. The SMILES string of the molecule is O=C(OCc1ccccc1)B(Cc1nn(Cc2nc3cc(F)ccc3s2)c(=O)c2cscc12)C(=O)OCc1ccccc1. The second kappa shape index (κ2) is 12.7. The maximum absolute atomic E-state index is 13.7. The Morgan fingerprint density at radius 3 is 2.14 bits per heavy atom. The van der Waals surface area contributed by atoms with Crippen molar-refractivity contribution in [2.45, 2.75) is 26.1 Å². The lowest BCUT2D eigenvalue weighted by Crippen LogP contribution is -2.40. The Labute approximate surface area is 253 Å². The van der Waals surface area contributed by atoms with Crippen LogP contribution in [0.4, 0.5) is 14.0 Å². The van der Waals surface area contributed by atoms with Crippen LogP contribution in [0.15, 0.2) is 94.4 Å². The molecule has 0 atom stereocenters. The van der Waals surface area contributed by atoms with Crippen LogP contribution in [-0.4, -0.2) is 33.2 Å². The number of rotatable bonds is 10. The molecule has 6 rings (SSSR count). The second-order valence-electron chi connectivity index (χ2n) is 9.77. The van der Waals surface area contributed by atoms with Crippen LogP contribution in [0, 0.1) is 5.82 Å². The molecule has 0 radical (unpaired) electrons. The van der Waals surface area contributed by atoms with E-state index < -0.39 is 24.3 Å². The first-order valence-corrected chi connectivity index (χ1v) is 15.1. The zero-order valence-electron chi connectivity index (χ0n) is 22.6. The number of fused-ring (bicyclic) bond motifs is 2. The number of hydrogen-bond donors (Lipinski definition) is 0. The molecule has 0 aliphatic carbocycles. The summed E-state index contributed by atoms with van der Waals surface area (Å²) in [4.78, 5) is 44.5. The summed E-state index contributed by atoms with van der Waals surface area (Å²) in [6.07, 6.45) is -0.139. The summed E-state index contributed by atoms with van der Waals surface area (Å²) in [7, 11) is 0. The second-order valence-corrected chi connectivity index (χ2v) is 11.6. The van der Waals surface area contributed by atoms with E-state index in [9.17, 15) is 18.8 Å². The van der Waals surface area contributed by atoms with Crippen LogP contribution in [-0.2, 0) is 35.6 Å². The minimum Gasteiger partial charge on any atom is -0.468 e. The lowest BCUT2D eigenvalue weighted by Gasteiger charge is -2.14. The van der Waals surface area contributed by atoms with Crippen LogP contribution >= 0.6 is 22.7 Å². The number of benzene rings is 3. The van der Waals surface area contributed by atoms with E-state index >= 15 is 0 Å². The molecule has 0 saturated heterocycles. The average molecular weight is 611 g/mol. The van der Waals surface area contributed by atoms with E-state index in [4.69, 9.17) is 9.47 Å². The Balaban J connectivity index is 1.30. The molecule has 3 aromatic carbocycles. The van der Waals surface area contributed by atoms with E-state index in [1.165, 1.54) is 39.5 Å². The topological polar surface area (TPSA) is 100 Å². The molecular weight excluding hydrogens is 588 g/mol. The molecule has 0 fully saturated rings. The van der Waals surface area contributed by atoms with Crippen LogP contribution in [0.25, 0.3) is 21.0 Å². The molecule has 3 aromatic heterocycles. The lowest BCUT2D eigenvalue weighted by atomic mass is 9.46. The van der Waals surface area contributed by atoms with Gasteiger partial charge >= 0.3 is 6.71 Å².